The smallest absolute Gasteiger partial charge is 0.274 e. The van der Waals surface area contributed by atoms with E-state index in [0.29, 0.717) is 11.6 Å². The molecule has 2 aliphatic rings. The first-order valence-electron chi connectivity index (χ1n) is 11.7. The zero-order valence-electron chi connectivity index (χ0n) is 18.6. The molecule has 6 heteroatoms. The summed E-state index contributed by atoms with van der Waals surface area (Å²) in [6.45, 7) is 6.00. The number of likely N-dealkylation sites (tertiary alicyclic amines) is 1. The van der Waals surface area contributed by atoms with Gasteiger partial charge in [-0.05, 0) is 74.0 Å². The van der Waals surface area contributed by atoms with Gasteiger partial charge in [0.15, 0.2) is 0 Å². The molecule has 0 atom stereocenters. The monoisotopic (exact) mass is 458 g/mol. The minimum Gasteiger partial charge on any atom is -0.346 e. The molecule has 0 bridgehead atoms. The van der Waals surface area contributed by atoms with Crippen molar-refractivity contribution in [3.8, 4) is 11.1 Å². The number of halogens is 1. The van der Waals surface area contributed by atoms with E-state index in [0.717, 1.165) is 42.1 Å². The molecule has 2 aromatic carbocycles. The molecule has 4 heterocycles. The molecule has 5 nitrogen and oxygen atoms in total. The van der Waals surface area contributed by atoms with Gasteiger partial charge in [0.05, 0.1) is 0 Å². The lowest BCUT2D eigenvalue weighted by Crippen LogP contribution is -2.39. The number of hydrogen-bond acceptors (Lipinski definition) is 2. The Labute approximate surface area is 198 Å². The number of fused-ring (bicyclic) bond motifs is 2. The number of benzene rings is 2. The number of nitrogens with zero attached hydrogens (tertiary/aromatic N) is 4. The van der Waals surface area contributed by atoms with Crippen LogP contribution in [0, 0.1) is 0 Å². The van der Waals surface area contributed by atoms with Crippen LogP contribution in [-0.2, 0) is 13.1 Å². The van der Waals surface area contributed by atoms with Crippen LogP contribution in [0.3, 0.4) is 0 Å². The zero-order chi connectivity index (χ0) is 22.4. The molecule has 0 aliphatic carbocycles. The minimum atomic E-state index is 0.0503. The summed E-state index contributed by atoms with van der Waals surface area (Å²) in [6, 6.07) is 18.3. The second-order valence-electron chi connectivity index (χ2n) is 9.07. The standard InChI is InChI=1S/C27H27ClN4O/c28-23-5-3-20(4-6-23)22-18-26-27(33)32(16-15-31(26)19-22)24-7-8-25-21(17-24)9-12-30(25)14-13-29-10-1-2-11-29/h3-9,12,17-19H,1-2,10-11,13-16H2. The van der Waals surface area contributed by atoms with E-state index >= 15 is 0 Å². The van der Waals surface area contributed by atoms with Crippen LogP contribution in [0.4, 0.5) is 5.69 Å². The van der Waals surface area contributed by atoms with Gasteiger partial charge in [-0.1, -0.05) is 23.7 Å². The van der Waals surface area contributed by atoms with Crippen LogP contribution >= 0.6 is 11.6 Å². The molecule has 0 unspecified atom stereocenters. The Morgan fingerprint density at radius 2 is 1.64 bits per heavy atom. The van der Waals surface area contributed by atoms with Gasteiger partial charge in [0, 0.05) is 65.7 Å². The van der Waals surface area contributed by atoms with Crippen LogP contribution in [0.25, 0.3) is 22.0 Å². The maximum absolute atomic E-state index is 13.4. The molecule has 2 aromatic heterocycles. The number of aromatic nitrogens is 2. The highest BCUT2D eigenvalue weighted by atomic mass is 35.5. The van der Waals surface area contributed by atoms with Gasteiger partial charge in [-0.25, -0.2) is 0 Å². The van der Waals surface area contributed by atoms with Gasteiger partial charge < -0.3 is 18.9 Å². The van der Waals surface area contributed by atoms with Gasteiger partial charge in [-0.15, -0.1) is 0 Å². The van der Waals surface area contributed by atoms with Crippen LogP contribution in [-0.4, -0.2) is 46.1 Å². The van der Waals surface area contributed by atoms with E-state index in [1.807, 2.05) is 35.2 Å². The van der Waals surface area contributed by atoms with Gasteiger partial charge in [0.25, 0.3) is 5.91 Å². The van der Waals surface area contributed by atoms with Crippen molar-refractivity contribution in [2.75, 3.05) is 31.1 Å². The first kappa shape index (κ1) is 20.6. The topological polar surface area (TPSA) is 33.4 Å². The van der Waals surface area contributed by atoms with Gasteiger partial charge >= 0.3 is 0 Å². The van der Waals surface area contributed by atoms with E-state index in [2.05, 4.69) is 50.7 Å². The van der Waals surface area contributed by atoms with E-state index in [-0.39, 0.29) is 5.91 Å². The molecule has 2 aliphatic heterocycles. The highest BCUT2D eigenvalue weighted by Crippen LogP contribution is 2.30. The Kier molecular flexibility index (Phi) is 5.24. The second kappa shape index (κ2) is 8.40. The zero-order valence-corrected chi connectivity index (χ0v) is 19.3. The van der Waals surface area contributed by atoms with Crippen LogP contribution in [0.15, 0.2) is 67.0 Å². The van der Waals surface area contributed by atoms with Crippen molar-refractivity contribution in [1.29, 1.82) is 0 Å². The molecule has 0 radical (unpaired) electrons. The summed E-state index contributed by atoms with van der Waals surface area (Å²) in [6.07, 6.45) is 6.89. The number of amides is 1. The normalized spacial score (nSPS) is 16.6. The van der Waals surface area contributed by atoms with Gasteiger partial charge in [-0.3, -0.25) is 4.79 Å². The lowest BCUT2D eigenvalue weighted by Gasteiger charge is -2.28. The minimum absolute atomic E-state index is 0.0503. The fourth-order valence-corrected chi connectivity index (χ4v) is 5.30. The molecule has 0 saturated carbocycles. The Bertz CT molecular complexity index is 1310. The summed E-state index contributed by atoms with van der Waals surface area (Å²) >= 11 is 6.03. The molecule has 4 aromatic rings. The lowest BCUT2D eigenvalue weighted by atomic mass is 10.1. The summed E-state index contributed by atoms with van der Waals surface area (Å²) in [4.78, 5) is 17.8. The molecule has 0 spiro atoms. The fourth-order valence-electron chi connectivity index (χ4n) is 5.17. The molecular weight excluding hydrogens is 432 g/mol. The third-order valence-electron chi connectivity index (χ3n) is 7.02. The van der Waals surface area contributed by atoms with Crippen LogP contribution in [0.2, 0.25) is 5.02 Å². The number of carbonyl (C=O) groups excluding carboxylic acids is 1. The lowest BCUT2D eigenvalue weighted by molar-refractivity contribution is 0.0965. The van der Waals surface area contributed by atoms with Gasteiger partial charge in [0.1, 0.15) is 5.69 Å². The third kappa shape index (κ3) is 3.85. The summed E-state index contributed by atoms with van der Waals surface area (Å²) in [5.74, 6) is 0.0503. The quantitative estimate of drug-likeness (QED) is 0.394. The van der Waals surface area contributed by atoms with Gasteiger partial charge in [-0.2, -0.15) is 0 Å². The highest BCUT2D eigenvalue weighted by Gasteiger charge is 2.27. The predicted molar refractivity (Wildman–Crippen MR) is 134 cm³/mol. The first-order valence-corrected chi connectivity index (χ1v) is 12.1. The first-order chi connectivity index (χ1) is 16.2. The third-order valence-corrected chi connectivity index (χ3v) is 7.28. The van der Waals surface area contributed by atoms with Crippen molar-refractivity contribution in [3.05, 3.63) is 77.7 Å². The largest absolute Gasteiger partial charge is 0.346 e. The molecule has 1 amide bonds. The van der Waals surface area contributed by atoms with Crippen LogP contribution < -0.4 is 4.90 Å². The second-order valence-corrected chi connectivity index (χ2v) is 9.51. The summed E-state index contributed by atoms with van der Waals surface area (Å²) in [7, 11) is 0. The van der Waals surface area contributed by atoms with E-state index in [9.17, 15) is 4.79 Å². The predicted octanol–water partition coefficient (Wildman–Crippen LogP) is 5.52. The number of rotatable bonds is 5. The molecule has 33 heavy (non-hydrogen) atoms. The molecular formula is C27H27ClN4O. The van der Waals surface area contributed by atoms with Crippen molar-refractivity contribution in [2.45, 2.75) is 25.9 Å². The summed E-state index contributed by atoms with van der Waals surface area (Å²) < 4.78 is 4.40. The Hall–Kier alpha value is -3.02. The van der Waals surface area contributed by atoms with Crippen molar-refractivity contribution >= 4 is 34.1 Å². The number of hydrogen-bond donors (Lipinski definition) is 0. The van der Waals surface area contributed by atoms with E-state index in [4.69, 9.17) is 11.6 Å². The molecule has 1 saturated heterocycles. The summed E-state index contributed by atoms with van der Waals surface area (Å²) in [5.41, 5.74) is 5.04. The van der Waals surface area contributed by atoms with E-state index < -0.39 is 0 Å². The van der Waals surface area contributed by atoms with E-state index in [1.54, 1.807) is 0 Å². The average molecular weight is 459 g/mol. The number of anilines is 1. The Balaban J connectivity index is 1.23. The van der Waals surface area contributed by atoms with Crippen LogP contribution in [0.5, 0.6) is 0 Å². The Morgan fingerprint density at radius 1 is 0.818 bits per heavy atom. The Morgan fingerprint density at radius 3 is 2.45 bits per heavy atom. The maximum atomic E-state index is 13.4. The highest BCUT2D eigenvalue weighted by molar-refractivity contribution is 6.30. The van der Waals surface area contributed by atoms with Gasteiger partial charge in [0.2, 0.25) is 0 Å². The fraction of sp³-hybridized carbons (Fsp3) is 0.296. The molecule has 6 rings (SSSR count). The SMILES string of the molecule is O=C1c2cc(-c3ccc(Cl)cc3)cn2CCN1c1ccc2c(ccn2CCN2CCCC2)c1. The number of carbonyl (C=O) groups is 1. The van der Waals surface area contributed by atoms with E-state index in [1.165, 1.54) is 36.8 Å². The van der Waals surface area contributed by atoms with Crippen molar-refractivity contribution in [2.24, 2.45) is 0 Å². The maximum Gasteiger partial charge on any atom is 0.274 e. The van der Waals surface area contributed by atoms with Crippen LogP contribution in [0.1, 0.15) is 23.3 Å². The molecule has 0 N–H and O–H groups in total. The summed E-state index contributed by atoms with van der Waals surface area (Å²) in [5, 5.41) is 1.90. The van der Waals surface area contributed by atoms with Crippen molar-refractivity contribution in [3.63, 3.8) is 0 Å². The average Bonchev–Trinajstić information content (AvgIpc) is 3.58. The molecule has 168 valence electrons. The molecule has 1 fully saturated rings. The van der Waals surface area contributed by atoms with Crippen molar-refractivity contribution < 1.29 is 4.79 Å². The van der Waals surface area contributed by atoms with Crippen molar-refractivity contribution in [1.82, 2.24) is 14.0 Å².